The number of amides is 2. The van der Waals surface area contributed by atoms with E-state index >= 15 is 0 Å². The first-order valence-corrected chi connectivity index (χ1v) is 10.1. The van der Waals surface area contributed by atoms with Crippen LogP contribution in [0.4, 0.5) is 0 Å². The second kappa shape index (κ2) is 9.60. The molecule has 9 heteroatoms. The number of pyridine rings is 1. The quantitative estimate of drug-likeness (QED) is 0.574. The van der Waals surface area contributed by atoms with Gasteiger partial charge in [-0.3, -0.25) is 14.4 Å². The van der Waals surface area contributed by atoms with Crippen molar-refractivity contribution in [3.05, 3.63) is 35.2 Å². The van der Waals surface area contributed by atoms with Crippen LogP contribution >= 0.6 is 0 Å². The second-order valence-corrected chi connectivity index (χ2v) is 7.83. The number of aliphatic hydroxyl groups is 1. The van der Waals surface area contributed by atoms with Gasteiger partial charge in [0.15, 0.2) is 0 Å². The summed E-state index contributed by atoms with van der Waals surface area (Å²) in [4.78, 5) is 41.3. The molecule has 0 saturated heterocycles. The molecule has 30 heavy (non-hydrogen) atoms. The number of hydrogen-bond acceptors (Lipinski definition) is 6. The number of carboxylic acids is 1. The van der Waals surface area contributed by atoms with Gasteiger partial charge in [0.25, 0.3) is 11.8 Å². The summed E-state index contributed by atoms with van der Waals surface area (Å²) in [5.41, 5.74) is 0.721. The molecule has 0 spiro atoms. The number of nitrogens with one attached hydrogen (secondary N) is 1. The van der Waals surface area contributed by atoms with E-state index in [2.05, 4.69) is 10.3 Å². The van der Waals surface area contributed by atoms with E-state index in [9.17, 15) is 19.5 Å². The zero-order chi connectivity index (χ0) is 21.7. The Bertz CT molecular complexity index is 828. The Labute approximate surface area is 174 Å². The van der Waals surface area contributed by atoms with Crippen LogP contribution in [0, 0.1) is 12.8 Å². The summed E-state index contributed by atoms with van der Waals surface area (Å²) in [5, 5.41) is 20.8. The standard InChI is InChI=1S/C21H27N3O6/c1-13-2-7-17(22-10-13)30-15-5-3-14(4-6-15)12-24-9-8-16(25)19(21(24)29)20(28)23-11-18(26)27/h2,7,10,14-15,25H,3-6,8-9,11-12H2,1H3,(H,23,28)(H,26,27)/t14-,15-. The van der Waals surface area contributed by atoms with Gasteiger partial charge < -0.3 is 25.2 Å². The van der Waals surface area contributed by atoms with Gasteiger partial charge >= 0.3 is 5.97 Å². The predicted molar refractivity (Wildman–Crippen MR) is 107 cm³/mol. The van der Waals surface area contributed by atoms with Crippen LogP contribution in [0.3, 0.4) is 0 Å². The number of hydrogen-bond donors (Lipinski definition) is 3. The van der Waals surface area contributed by atoms with E-state index in [4.69, 9.17) is 9.84 Å². The van der Waals surface area contributed by atoms with Gasteiger partial charge in [-0.05, 0) is 44.1 Å². The summed E-state index contributed by atoms with van der Waals surface area (Å²) in [7, 11) is 0. The molecule has 1 aliphatic heterocycles. The summed E-state index contributed by atoms with van der Waals surface area (Å²) in [6.07, 6.45) is 5.53. The molecule has 0 unspecified atom stereocenters. The second-order valence-electron chi connectivity index (χ2n) is 7.83. The van der Waals surface area contributed by atoms with Crippen molar-refractivity contribution < 1.29 is 29.3 Å². The van der Waals surface area contributed by atoms with Gasteiger partial charge in [-0.25, -0.2) is 4.98 Å². The smallest absolute Gasteiger partial charge is 0.322 e. The van der Waals surface area contributed by atoms with Crippen molar-refractivity contribution in [1.29, 1.82) is 0 Å². The maximum absolute atomic E-state index is 12.7. The Kier molecular flexibility index (Phi) is 6.91. The molecule has 0 aromatic carbocycles. The molecule has 162 valence electrons. The third-order valence-electron chi connectivity index (χ3n) is 5.48. The molecule has 0 bridgehead atoms. The summed E-state index contributed by atoms with van der Waals surface area (Å²) >= 11 is 0. The van der Waals surface area contributed by atoms with Crippen LogP contribution < -0.4 is 10.1 Å². The van der Waals surface area contributed by atoms with E-state index in [1.54, 1.807) is 11.1 Å². The molecule has 1 saturated carbocycles. The number of aliphatic carboxylic acids is 1. The first kappa shape index (κ1) is 21.6. The van der Waals surface area contributed by atoms with E-state index < -0.39 is 24.3 Å². The normalized spacial score (nSPS) is 22.0. The number of carboxylic acid groups (broad SMARTS) is 1. The third kappa shape index (κ3) is 5.49. The van der Waals surface area contributed by atoms with Crippen molar-refractivity contribution in [2.24, 2.45) is 5.92 Å². The highest BCUT2D eigenvalue weighted by atomic mass is 16.5. The average Bonchev–Trinajstić information content (AvgIpc) is 2.72. The minimum atomic E-state index is -1.22. The van der Waals surface area contributed by atoms with Gasteiger partial charge in [0.2, 0.25) is 5.88 Å². The minimum absolute atomic E-state index is 0.0924. The fourth-order valence-electron chi connectivity index (χ4n) is 3.83. The first-order valence-electron chi connectivity index (χ1n) is 10.1. The van der Waals surface area contributed by atoms with Gasteiger partial charge in [0.05, 0.1) is 0 Å². The van der Waals surface area contributed by atoms with Crippen LogP contribution in [-0.2, 0) is 14.4 Å². The summed E-state index contributed by atoms with van der Waals surface area (Å²) in [6, 6.07) is 3.83. The Balaban J connectivity index is 1.51. The molecular weight excluding hydrogens is 390 g/mol. The molecule has 2 aliphatic rings. The van der Waals surface area contributed by atoms with E-state index in [1.165, 1.54) is 0 Å². The van der Waals surface area contributed by atoms with E-state index in [0.717, 1.165) is 31.2 Å². The van der Waals surface area contributed by atoms with Gasteiger partial charge in [-0.2, -0.15) is 0 Å². The Morgan fingerprint density at radius 3 is 2.63 bits per heavy atom. The molecular formula is C21H27N3O6. The molecule has 9 nitrogen and oxygen atoms in total. The topological polar surface area (TPSA) is 129 Å². The molecule has 2 heterocycles. The number of aliphatic hydroxyl groups excluding tert-OH is 1. The largest absolute Gasteiger partial charge is 0.511 e. The SMILES string of the molecule is Cc1ccc(O[C@H]2CC[C@H](CN3CCC(O)=C(C(=O)NCC(=O)O)C3=O)CC2)nc1. The van der Waals surface area contributed by atoms with E-state index in [1.807, 2.05) is 19.1 Å². The van der Waals surface area contributed by atoms with Gasteiger partial charge in [-0.15, -0.1) is 0 Å². The zero-order valence-electron chi connectivity index (χ0n) is 17.0. The molecule has 3 N–H and O–H groups in total. The molecule has 3 rings (SSSR count). The number of aryl methyl sites for hydroxylation is 1. The number of aromatic nitrogens is 1. The number of nitrogens with zero attached hydrogens (tertiary/aromatic N) is 2. The van der Waals surface area contributed by atoms with Crippen LogP contribution in [0.5, 0.6) is 5.88 Å². The predicted octanol–water partition coefficient (Wildman–Crippen LogP) is 1.57. The Hall–Kier alpha value is -3.10. The van der Waals surface area contributed by atoms with Crippen LogP contribution in [-0.4, -0.2) is 63.6 Å². The lowest BCUT2D eigenvalue weighted by molar-refractivity contribution is -0.138. The van der Waals surface area contributed by atoms with Crippen molar-refractivity contribution in [3.63, 3.8) is 0 Å². The van der Waals surface area contributed by atoms with Crippen molar-refractivity contribution >= 4 is 17.8 Å². The molecule has 1 fully saturated rings. The Morgan fingerprint density at radius 1 is 1.27 bits per heavy atom. The maximum Gasteiger partial charge on any atom is 0.322 e. The van der Waals surface area contributed by atoms with Crippen LogP contribution in [0.25, 0.3) is 0 Å². The lowest BCUT2D eigenvalue weighted by atomic mass is 9.86. The molecule has 1 aliphatic carbocycles. The number of carbonyl (C=O) groups excluding carboxylic acids is 2. The summed E-state index contributed by atoms with van der Waals surface area (Å²) in [6.45, 7) is 2.20. The summed E-state index contributed by atoms with van der Waals surface area (Å²) in [5.74, 6) is -2.02. The molecule has 0 atom stereocenters. The third-order valence-corrected chi connectivity index (χ3v) is 5.48. The molecule has 1 aromatic rings. The zero-order valence-corrected chi connectivity index (χ0v) is 17.0. The molecule has 0 radical (unpaired) electrons. The monoisotopic (exact) mass is 417 g/mol. The van der Waals surface area contributed by atoms with Gasteiger partial charge in [0.1, 0.15) is 24.0 Å². The minimum Gasteiger partial charge on any atom is -0.511 e. The number of carbonyl (C=O) groups is 3. The van der Waals surface area contributed by atoms with Crippen molar-refractivity contribution in [3.8, 4) is 5.88 Å². The fraction of sp³-hybridized carbons (Fsp3) is 0.524. The molecule has 1 aromatic heterocycles. The van der Waals surface area contributed by atoms with Gasteiger partial charge in [0, 0.05) is 31.8 Å². The molecule has 2 amide bonds. The lowest BCUT2D eigenvalue weighted by Gasteiger charge is -2.34. The first-order chi connectivity index (χ1) is 14.3. The van der Waals surface area contributed by atoms with Crippen LogP contribution in [0.2, 0.25) is 0 Å². The Morgan fingerprint density at radius 2 is 2.00 bits per heavy atom. The van der Waals surface area contributed by atoms with Crippen molar-refractivity contribution in [2.45, 2.75) is 45.1 Å². The van der Waals surface area contributed by atoms with Crippen molar-refractivity contribution in [2.75, 3.05) is 19.6 Å². The number of ether oxygens (including phenoxy) is 1. The van der Waals surface area contributed by atoms with E-state index in [0.29, 0.717) is 19.0 Å². The van der Waals surface area contributed by atoms with Crippen LogP contribution in [0.1, 0.15) is 37.7 Å². The number of rotatable bonds is 7. The lowest BCUT2D eigenvalue weighted by Crippen LogP contribution is -2.45. The highest BCUT2D eigenvalue weighted by Gasteiger charge is 2.34. The fourth-order valence-corrected chi connectivity index (χ4v) is 3.83. The highest BCUT2D eigenvalue weighted by molar-refractivity contribution is 6.19. The summed E-state index contributed by atoms with van der Waals surface area (Å²) < 4.78 is 5.95. The highest BCUT2D eigenvalue weighted by Crippen LogP contribution is 2.29. The average molecular weight is 417 g/mol. The van der Waals surface area contributed by atoms with Crippen molar-refractivity contribution in [1.82, 2.24) is 15.2 Å². The van der Waals surface area contributed by atoms with Gasteiger partial charge in [-0.1, -0.05) is 6.07 Å². The van der Waals surface area contributed by atoms with Crippen LogP contribution in [0.15, 0.2) is 29.7 Å². The van der Waals surface area contributed by atoms with E-state index in [-0.39, 0.29) is 29.8 Å². The maximum atomic E-state index is 12.7.